The number of hydrogen-bond donors (Lipinski definition) is 1. The van der Waals surface area contributed by atoms with Gasteiger partial charge >= 0.3 is 0 Å². The largest absolute Gasteiger partial charge is 0.360 e. The van der Waals surface area contributed by atoms with Crippen LogP contribution in [0.1, 0.15) is 6.42 Å². The first-order chi connectivity index (χ1) is 6.25. The summed E-state index contributed by atoms with van der Waals surface area (Å²) in [5.74, 6) is 1.16. The van der Waals surface area contributed by atoms with Gasteiger partial charge in [-0.05, 0) is 20.0 Å². The third kappa shape index (κ3) is 2.73. The molecular formula is C9H18N4. The van der Waals surface area contributed by atoms with Crippen molar-refractivity contribution in [2.45, 2.75) is 6.42 Å². The van der Waals surface area contributed by atoms with Crippen LogP contribution in [0.4, 0.5) is 5.82 Å². The second kappa shape index (κ2) is 4.87. The van der Waals surface area contributed by atoms with Crippen LogP contribution in [-0.2, 0) is 7.05 Å². The minimum absolute atomic E-state index is 1.06. The molecule has 0 unspecified atom stereocenters. The summed E-state index contributed by atoms with van der Waals surface area (Å²) in [6, 6.07) is 2.03. The van der Waals surface area contributed by atoms with Gasteiger partial charge < -0.3 is 10.2 Å². The van der Waals surface area contributed by atoms with Crippen LogP contribution in [0.15, 0.2) is 12.3 Å². The lowest BCUT2D eigenvalue weighted by molar-refractivity contribution is 0.684. The van der Waals surface area contributed by atoms with Gasteiger partial charge in [-0.1, -0.05) is 0 Å². The highest BCUT2D eigenvalue weighted by Crippen LogP contribution is 2.09. The standard InChI is InChI=1S/C9H18N4/c1-10-6-4-8-12(2)9-5-7-11-13(9)3/h5,7,10H,4,6,8H2,1-3H3. The van der Waals surface area contributed by atoms with Crippen LogP contribution in [0.3, 0.4) is 0 Å². The normalized spacial score (nSPS) is 10.4. The monoisotopic (exact) mass is 182 g/mol. The highest BCUT2D eigenvalue weighted by molar-refractivity contribution is 5.36. The Morgan fingerprint density at radius 3 is 2.92 bits per heavy atom. The van der Waals surface area contributed by atoms with E-state index in [0.717, 1.165) is 25.3 Å². The second-order valence-corrected chi connectivity index (χ2v) is 3.19. The SMILES string of the molecule is CNCCCN(C)c1ccnn1C. The van der Waals surface area contributed by atoms with E-state index in [4.69, 9.17) is 0 Å². The lowest BCUT2D eigenvalue weighted by Crippen LogP contribution is -2.24. The van der Waals surface area contributed by atoms with E-state index >= 15 is 0 Å². The van der Waals surface area contributed by atoms with Crippen LogP contribution >= 0.6 is 0 Å². The lowest BCUT2D eigenvalue weighted by atomic mass is 10.4. The zero-order valence-corrected chi connectivity index (χ0v) is 8.62. The van der Waals surface area contributed by atoms with Gasteiger partial charge in [0, 0.05) is 26.7 Å². The first kappa shape index (κ1) is 10.1. The Morgan fingerprint density at radius 2 is 2.38 bits per heavy atom. The van der Waals surface area contributed by atoms with E-state index in [-0.39, 0.29) is 0 Å². The Bertz CT molecular complexity index is 244. The summed E-state index contributed by atoms with van der Waals surface area (Å²) in [5.41, 5.74) is 0. The van der Waals surface area contributed by atoms with Gasteiger partial charge in [0.05, 0.1) is 6.20 Å². The molecule has 0 aromatic carbocycles. The summed E-state index contributed by atoms with van der Waals surface area (Å²) in [6.45, 7) is 2.11. The Hall–Kier alpha value is -1.03. The van der Waals surface area contributed by atoms with E-state index in [1.807, 2.05) is 31.0 Å². The van der Waals surface area contributed by atoms with Crippen molar-refractivity contribution in [3.8, 4) is 0 Å². The van der Waals surface area contributed by atoms with Gasteiger partial charge in [0.25, 0.3) is 0 Å². The average molecular weight is 182 g/mol. The zero-order valence-electron chi connectivity index (χ0n) is 8.62. The van der Waals surface area contributed by atoms with Crippen LogP contribution in [0.2, 0.25) is 0 Å². The van der Waals surface area contributed by atoms with Crippen molar-refractivity contribution in [3.05, 3.63) is 12.3 Å². The maximum absolute atomic E-state index is 4.13. The van der Waals surface area contributed by atoms with Gasteiger partial charge in [0.15, 0.2) is 0 Å². The van der Waals surface area contributed by atoms with Crippen molar-refractivity contribution in [1.29, 1.82) is 0 Å². The molecule has 1 aromatic rings. The van der Waals surface area contributed by atoms with Gasteiger partial charge in [-0.2, -0.15) is 5.10 Å². The number of aromatic nitrogens is 2. The summed E-state index contributed by atoms with van der Waals surface area (Å²) in [6.07, 6.45) is 2.97. The van der Waals surface area contributed by atoms with Crippen molar-refractivity contribution in [2.24, 2.45) is 7.05 Å². The summed E-state index contributed by atoms with van der Waals surface area (Å²) >= 11 is 0. The van der Waals surface area contributed by atoms with Crippen LogP contribution in [0.5, 0.6) is 0 Å². The Labute approximate surface area is 79.5 Å². The third-order valence-corrected chi connectivity index (χ3v) is 2.11. The predicted molar refractivity (Wildman–Crippen MR) is 55.0 cm³/mol. The van der Waals surface area contributed by atoms with Crippen LogP contribution in [-0.4, -0.2) is 37.0 Å². The fraction of sp³-hybridized carbons (Fsp3) is 0.667. The fourth-order valence-electron chi connectivity index (χ4n) is 1.35. The summed E-state index contributed by atoms with van der Waals surface area (Å²) in [7, 11) is 6.03. The van der Waals surface area contributed by atoms with E-state index in [1.165, 1.54) is 0 Å². The molecule has 0 saturated carbocycles. The van der Waals surface area contributed by atoms with Gasteiger partial charge in [0.1, 0.15) is 5.82 Å². The summed E-state index contributed by atoms with van der Waals surface area (Å²) < 4.78 is 1.89. The molecule has 0 bridgehead atoms. The first-order valence-electron chi connectivity index (χ1n) is 4.59. The smallest absolute Gasteiger partial charge is 0.126 e. The first-order valence-corrected chi connectivity index (χ1v) is 4.59. The van der Waals surface area contributed by atoms with Gasteiger partial charge in [-0.15, -0.1) is 0 Å². The molecule has 0 spiro atoms. The van der Waals surface area contributed by atoms with Crippen molar-refractivity contribution < 1.29 is 0 Å². The molecule has 0 amide bonds. The topological polar surface area (TPSA) is 33.1 Å². The molecule has 74 valence electrons. The van der Waals surface area contributed by atoms with E-state index in [2.05, 4.69) is 22.4 Å². The molecule has 0 aliphatic rings. The molecular weight excluding hydrogens is 164 g/mol. The number of hydrogen-bond acceptors (Lipinski definition) is 3. The number of nitrogens with zero attached hydrogens (tertiary/aromatic N) is 3. The van der Waals surface area contributed by atoms with E-state index < -0.39 is 0 Å². The maximum Gasteiger partial charge on any atom is 0.126 e. The van der Waals surface area contributed by atoms with Crippen LogP contribution < -0.4 is 10.2 Å². The number of aryl methyl sites for hydroxylation is 1. The quantitative estimate of drug-likeness (QED) is 0.672. The predicted octanol–water partition coefficient (Wildman–Crippen LogP) is 0.466. The minimum Gasteiger partial charge on any atom is -0.360 e. The Morgan fingerprint density at radius 1 is 1.62 bits per heavy atom. The van der Waals surface area contributed by atoms with Crippen molar-refractivity contribution in [2.75, 3.05) is 32.1 Å². The zero-order chi connectivity index (χ0) is 9.68. The molecule has 1 rings (SSSR count). The van der Waals surface area contributed by atoms with Crippen molar-refractivity contribution in [1.82, 2.24) is 15.1 Å². The van der Waals surface area contributed by atoms with Crippen LogP contribution in [0.25, 0.3) is 0 Å². The molecule has 0 fully saturated rings. The highest BCUT2D eigenvalue weighted by atomic mass is 15.3. The number of anilines is 1. The molecule has 1 N–H and O–H groups in total. The molecule has 0 aliphatic carbocycles. The minimum atomic E-state index is 1.06. The second-order valence-electron chi connectivity index (χ2n) is 3.19. The van der Waals surface area contributed by atoms with E-state index in [9.17, 15) is 0 Å². The molecule has 0 atom stereocenters. The average Bonchev–Trinajstić information content (AvgIpc) is 2.52. The number of rotatable bonds is 5. The van der Waals surface area contributed by atoms with E-state index in [1.54, 1.807) is 0 Å². The lowest BCUT2D eigenvalue weighted by Gasteiger charge is -2.18. The molecule has 1 aromatic heterocycles. The molecule has 0 radical (unpaired) electrons. The third-order valence-electron chi connectivity index (χ3n) is 2.11. The molecule has 13 heavy (non-hydrogen) atoms. The van der Waals surface area contributed by atoms with E-state index in [0.29, 0.717) is 0 Å². The molecule has 4 nitrogen and oxygen atoms in total. The van der Waals surface area contributed by atoms with Crippen molar-refractivity contribution >= 4 is 5.82 Å². The maximum atomic E-state index is 4.13. The Balaban J connectivity index is 2.39. The number of nitrogens with one attached hydrogen (secondary N) is 1. The van der Waals surface area contributed by atoms with Crippen LogP contribution in [0, 0.1) is 0 Å². The molecule has 0 aliphatic heterocycles. The molecule has 1 heterocycles. The molecule has 4 heteroatoms. The molecule has 0 saturated heterocycles. The van der Waals surface area contributed by atoms with Crippen molar-refractivity contribution in [3.63, 3.8) is 0 Å². The van der Waals surface area contributed by atoms with Gasteiger partial charge in [-0.25, -0.2) is 0 Å². The summed E-state index contributed by atoms with van der Waals surface area (Å²) in [5, 5.41) is 7.26. The fourth-order valence-corrected chi connectivity index (χ4v) is 1.35. The van der Waals surface area contributed by atoms with Gasteiger partial charge in [0.2, 0.25) is 0 Å². The summed E-state index contributed by atoms with van der Waals surface area (Å²) in [4.78, 5) is 2.21. The van der Waals surface area contributed by atoms with Gasteiger partial charge in [-0.3, -0.25) is 4.68 Å². The Kier molecular flexibility index (Phi) is 3.76. The highest BCUT2D eigenvalue weighted by Gasteiger charge is 2.03.